The predicted molar refractivity (Wildman–Crippen MR) is 76.2 cm³/mol. The maximum atomic E-state index is 6.29. The summed E-state index contributed by atoms with van der Waals surface area (Å²) in [4.78, 5) is 2.21. The molecule has 0 spiro atoms. The number of aryl methyl sites for hydroxylation is 1. The highest BCUT2D eigenvalue weighted by molar-refractivity contribution is 7.99. The molecule has 1 aromatic heterocycles. The molecule has 0 aliphatic heterocycles. The summed E-state index contributed by atoms with van der Waals surface area (Å²) in [7, 11) is 1.91. The lowest BCUT2D eigenvalue weighted by Crippen LogP contribution is -2.12. The Bertz CT molecular complexity index is 525. The van der Waals surface area contributed by atoms with Crippen LogP contribution in [0.3, 0.4) is 0 Å². The van der Waals surface area contributed by atoms with E-state index in [0.29, 0.717) is 0 Å². The quantitative estimate of drug-likeness (QED) is 0.912. The molecule has 0 aliphatic carbocycles. The first-order valence-corrected chi connectivity index (χ1v) is 7.04. The molecule has 0 bridgehead atoms. The second-order valence-corrected chi connectivity index (χ2v) is 5.45. The monoisotopic (exact) mass is 281 g/mol. The van der Waals surface area contributed by atoms with Crippen molar-refractivity contribution in [1.82, 2.24) is 15.1 Å². The number of rotatable bonds is 5. The van der Waals surface area contributed by atoms with Crippen LogP contribution in [0.15, 0.2) is 40.4 Å². The molecule has 0 fully saturated rings. The average molecular weight is 282 g/mol. The summed E-state index contributed by atoms with van der Waals surface area (Å²) in [6.45, 7) is 3.88. The van der Waals surface area contributed by atoms with Crippen molar-refractivity contribution in [3.8, 4) is 0 Å². The minimum absolute atomic E-state index is 0.791. The molecule has 0 amide bonds. The summed E-state index contributed by atoms with van der Waals surface area (Å²) in [6.07, 6.45) is 3.84. The SMILES string of the molecule is CCNCc1cccc(Cl)c1Sc1cnn(C)c1. The van der Waals surface area contributed by atoms with Gasteiger partial charge in [-0.15, -0.1) is 0 Å². The van der Waals surface area contributed by atoms with Crippen LogP contribution in [0, 0.1) is 0 Å². The largest absolute Gasteiger partial charge is 0.313 e. The topological polar surface area (TPSA) is 29.9 Å². The zero-order valence-electron chi connectivity index (χ0n) is 10.5. The van der Waals surface area contributed by atoms with Gasteiger partial charge in [0, 0.05) is 24.7 Å². The van der Waals surface area contributed by atoms with Crippen molar-refractivity contribution in [1.29, 1.82) is 0 Å². The van der Waals surface area contributed by atoms with Gasteiger partial charge in [-0.1, -0.05) is 42.4 Å². The molecule has 5 heteroatoms. The smallest absolute Gasteiger partial charge is 0.0629 e. The van der Waals surface area contributed by atoms with Gasteiger partial charge in [0.25, 0.3) is 0 Å². The Morgan fingerprint density at radius 2 is 2.28 bits per heavy atom. The van der Waals surface area contributed by atoms with Gasteiger partial charge in [-0.25, -0.2) is 0 Å². The van der Waals surface area contributed by atoms with Crippen molar-refractivity contribution < 1.29 is 0 Å². The Morgan fingerprint density at radius 1 is 1.44 bits per heavy atom. The molecular weight excluding hydrogens is 266 g/mol. The summed E-state index contributed by atoms with van der Waals surface area (Å²) in [6, 6.07) is 6.02. The molecule has 0 unspecified atom stereocenters. The number of nitrogens with one attached hydrogen (secondary N) is 1. The van der Waals surface area contributed by atoms with Crippen molar-refractivity contribution in [2.75, 3.05) is 6.54 Å². The van der Waals surface area contributed by atoms with Gasteiger partial charge in [0.1, 0.15) is 0 Å². The Balaban J connectivity index is 2.24. The van der Waals surface area contributed by atoms with Gasteiger partial charge in [-0.05, 0) is 18.2 Å². The van der Waals surface area contributed by atoms with Crippen LogP contribution in [0.5, 0.6) is 0 Å². The van der Waals surface area contributed by atoms with E-state index in [1.807, 2.05) is 31.6 Å². The third-order valence-electron chi connectivity index (χ3n) is 2.52. The number of hydrogen-bond donors (Lipinski definition) is 1. The Labute approximate surface area is 117 Å². The van der Waals surface area contributed by atoms with E-state index in [9.17, 15) is 0 Å². The average Bonchev–Trinajstić information content (AvgIpc) is 2.76. The van der Waals surface area contributed by atoms with Gasteiger partial charge in [0.15, 0.2) is 0 Å². The van der Waals surface area contributed by atoms with E-state index in [2.05, 4.69) is 23.4 Å². The first-order chi connectivity index (χ1) is 8.70. The van der Waals surface area contributed by atoms with Gasteiger partial charge in [-0.3, -0.25) is 4.68 Å². The molecule has 1 heterocycles. The third kappa shape index (κ3) is 3.28. The minimum atomic E-state index is 0.791. The molecule has 1 N–H and O–H groups in total. The highest BCUT2D eigenvalue weighted by Gasteiger charge is 2.09. The third-order valence-corrected chi connectivity index (χ3v) is 4.07. The first-order valence-electron chi connectivity index (χ1n) is 5.85. The Hall–Kier alpha value is -0.970. The number of benzene rings is 1. The molecule has 0 saturated heterocycles. The zero-order valence-corrected chi connectivity index (χ0v) is 12.1. The molecule has 2 aromatic rings. The van der Waals surface area contributed by atoms with E-state index in [4.69, 9.17) is 11.6 Å². The van der Waals surface area contributed by atoms with Crippen molar-refractivity contribution in [2.24, 2.45) is 7.05 Å². The summed E-state index contributed by atoms with van der Waals surface area (Å²) in [5, 5.41) is 8.29. The summed E-state index contributed by atoms with van der Waals surface area (Å²) in [5.74, 6) is 0. The molecule has 18 heavy (non-hydrogen) atoms. The number of halogens is 1. The van der Waals surface area contributed by atoms with E-state index in [0.717, 1.165) is 27.9 Å². The van der Waals surface area contributed by atoms with Crippen LogP contribution in [0.4, 0.5) is 0 Å². The molecule has 3 nitrogen and oxygen atoms in total. The van der Waals surface area contributed by atoms with Gasteiger partial charge < -0.3 is 5.32 Å². The number of aromatic nitrogens is 2. The molecule has 0 saturated carbocycles. The van der Waals surface area contributed by atoms with Gasteiger partial charge in [0.2, 0.25) is 0 Å². The van der Waals surface area contributed by atoms with E-state index in [1.165, 1.54) is 5.56 Å². The fourth-order valence-electron chi connectivity index (χ4n) is 1.64. The fourth-order valence-corrected chi connectivity index (χ4v) is 2.92. The molecule has 2 rings (SSSR count). The van der Waals surface area contributed by atoms with E-state index >= 15 is 0 Å². The van der Waals surface area contributed by atoms with Crippen LogP contribution in [-0.4, -0.2) is 16.3 Å². The minimum Gasteiger partial charge on any atom is -0.313 e. The van der Waals surface area contributed by atoms with Crippen LogP contribution >= 0.6 is 23.4 Å². The summed E-state index contributed by atoms with van der Waals surface area (Å²) in [5.41, 5.74) is 1.22. The van der Waals surface area contributed by atoms with Crippen molar-refractivity contribution in [3.63, 3.8) is 0 Å². The van der Waals surface area contributed by atoms with Crippen molar-refractivity contribution in [3.05, 3.63) is 41.2 Å². The van der Waals surface area contributed by atoms with E-state index in [-0.39, 0.29) is 0 Å². The Kier molecular flexibility index (Phi) is 4.69. The molecule has 0 radical (unpaired) electrons. The van der Waals surface area contributed by atoms with E-state index in [1.54, 1.807) is 16.4 Å². The highest BCUT2D eigenvalue weighted by Crippen LogP contribution is 2.35. The molecule has 0 aliphatic rings. The van der Waals surface area contributed by atoms with Gasteiger partial charge in [-0.2, -0.15) is 5.10 Å². The number of nitrogens with zero attached hydrogens (tertiary/aromatic N) is 2. The lowest BCUT2D eigenvalue weighted by Gasteiger charge is -2.10. The summed E-state index contributed by atoms with van der Waals surface area (Å²) < 4.78 is 1.79. The standard InChI is InChI=1S/C13H16ClN3S/c1-3-15-7-10-5-4-6-12(14)13(10)18-11-8-16-17(2)9-11/h4-6,8-9,15H,3,7H2,1-2H3. The Morgan fingerprint density at radius 3 is 2.94 bits per heavy atom. The number of hydrogen-bond acceptors (Lipinski definition) is 3. The van der Waals surface area contributed by atoms with Crippen LogP contribution in [0.2, 0.25) is 5.02 Å². The second-order valence-electron chi connectivity index (χ2n) is 3.96. The lowest BCUT2D eigenvalue weighted by molar-refractivity contribution is 0.718. The van der Waals surface area contributed by atoms with Gasteiger partial charge in [0.05, 0.1) is 16.1 Å². The maximum Gasteiger partial charge on any atom is 0.0629 e. The predicted octanol–water partition coefficient (Wildman–Crippen LogP) is 3.33. The summed E-state index contributed by atoms with van der Waals surface area (Å²) >= 11 is 7.95. The van der Waals surface area contributed by atoms with Crippen LogP contribution in [0.25, 0.3) is 0 Å². The van der Waals surface area contributed by atoms with E-state index < -0.39 is 0 Å². The molecule has 0 atom stereocenters. The highest BCUT2D eigenvalue weighted by atomic mass is 35.5. The van der Waals surface area contributed by atoms with Crippen molar-refractivity contribution in [2.45, 2.75) is 23.3 Å². The maximum absolute atomic E-state index is 6.29. The second kappa shape index (κ2) is 6.27. The molecular formula is C13H16ClN3S. The van der Waals surface area contributed by atoms with Gasteiger partial charge >= 0.3 is 0 Å². The van der Waals surface area contributed by atoms with Crippen LogP contribution < -0.4 is 5.32 Å². The normalized spacial score (nSPS) is 10.8. The zero-order chi connectivity index (χ0) is 13.0. The molecule has 1 aromatic carbocycles. The van der Waals surface area contributed by atoms with Crippen LogP contribution in [-0.2, 0) is 13.6 Å². The van der Waals surface area contributed by atoms with Crippen LogP contribution in [0.1, 0.15) is 12.5 Å². The van der Waals surface area contributed by atoms with Crippen molar-refractivity contribution >= 4 is 23.4 Å². The fraction of sp³-hybridized carbons (Fsp3) is 0.308. The first kappa shape index (κ1) is 13.5. The molecule has 96 valence electrons. The lowest BCUT2D eigenvalue weighted by atomic mass is 10.2.